The molecule has 2 N–H and O–H groups in total. The molecule has 0 spiro atoms. The molecule has 0 bridgehead atoms. The second-order valence-electron chi connectivity index (χ2n) is 3.49. The van der Waals surface area contributed by atoms with Crippen molar-refractivity contribution in [3.8, 4) is 0 Å². The van der Waals surface area contributed by atoms with Crippen molar-refractivity contribution < 1.29 is 0 Å². The van der Waals surface area contributed by atoms with Crippen molar-refractivity contribution in [1.82, 2.24) is 10.7 Å². The topological polar surface area (TPSA) is 36.4 Å². The van der Waals surface area contributed by atoms with Gasteiger partial charge in [-0.3, -0.25) is 5.43 Å². The first-order chi connectivity index (χ1) is 7.29. The van der Waals surface area contributed by atoms with Crippen LogP contribution in [-0.2, 0) is 12.8 Å². The number of benzene rings is 1. The smallest absolute Gasteiger partial charge is 0.186 e. The lowest BCUT2D eigenvalue weighted by atomic mass is 10.1. The number of rotatable bonds is 1. The summed E-state index contributed by atoms with van der Waals surface area (Å²) in [6, 6.07) is 8.42. The van der Waals surface area contributed by atoms with E-state index in [2.05, 4.69) is 40.1 Å². The molecule has 0 heterocycles. The highest BCUT2D eigenvalue weighted by Gasteiger charge is 2.15. The summed E-state index contributed by atoms with van der Waals surface area (Å²) in [5, 5.41) is 7.65. The predicted molar refractivity (Wildman–Crippen MR) is 66.1 cm³/mol. The van der Waals surface area contributed by atoms with Gasteiger partial charge in [0.2, 0.25) is 0 Å². The third-order valence-corrected chi connectivity index (χ3v) is 2.75. The minimum atomic E-state index is 0.554. The molecule has 0 saturated heterocycles. The summed E-state index contributed by atoms with van der Waals surface area (Å²) in [7, 11) is 1.78. The van der Waals surface area contributed by atoms with E-state index in [1.54, 1.807) is 7.05 Å². The quantitative estimate of drug-likeness (QED) is 0.551. The number of hydrazone groups is 1. The molecule has 4 heteroatoms. The first-order valence-corrected chi connectivity index (χ1v) is 5.30. The highest BCUT2D eigenvalue weighted by molar-refractivity contribution is 7.80. The molecule has 0 aliphatic heterocycles. The van der Waals surface area contributed by atoms with Gasteiger partial charge in [-0.2, -0.15) is 5.10 Å². The molecule has 0 radical (unpaired) electrons. The zero-order valence-electron chi connectivity index (χ0n) is 8.58. The largest absolute Gasteiger partial charge is 0.364 e. The van der Waals surface area contributed by atoms with Crippen molar-refractivity contribution in [2.45, 2.75) is 12.8 Å². The molecule has 1 aromatic carbocycles. The molecule has 0 fully saturated rings. The van der Waals surface area contributed by atoms with Gasteiger partial charge in [0.25, 0.3) is 0 Å². The van der Waals surface area contributed by atoms with E-state index in [-0.39, 0.29) is 0 Å². The van der Waals surface area contributed by atoms with Crippen LogP contribution in [0.5, 0.6) is 0 Å². The molecule has 15 heavy (non-hydrogen) atoms. The predicted octanol–water partition coefficient (Wildman–Crippen LogP) is 1.24. The summed E-state index contributed by atoms with van der Waals surface area (Å²) < 4.78 is 0. The summed E-state index contributed by atoms with van der Waals surface area (Å²) >= 11 is 4.95. The first-order valence-electron chi connectivity index (χ1n) is 4.89. The van der Waals surface area contributed by atoms with Crippen molar-refractivity contribution >= 4 is 23.0 Å². The molecule has 1 aliphatic carbocycles. The molecule has 2 rings (SSSR count). The van der Waals surface area contributed by atoms with E-state index >= 15 is 0 Å². The average molecular weight is 219 g/mol. The van der Waals surface area contributed by atoms with Crippen LogP contribution in [0.15, 0.2) is 29.4 Å². The second kappa shape index (κ2) is 4.40. The maximum atomic E-state index is 4.95. The summed E-state index contributed by atoms with van der Waals surface area (Å²) in [5.41, 5.74) is 6.69. The lowest BCUT2D eigenvalue weighted by molar-refractivity contribution is 0.964. The maximum absolute atomic E-state index is 4.95. The van der Waals surface area contributed by atoms with E-state index in [4.69, 9.17) is 12.2 Å². The number of hydrogen-bond donors (Lipinski definition) is 2. The summed E-state index contributed by atoms with van der Waals surface area (Å²) in [4.78, 5) is 0. The zero-order chi connectivity index (χ0) is 10.7. The fraction of sp³-hybridized carbons (Fsp3) is 0.273. The number of fused-ring (bicyclic) bond motifs is 1. The Bertz CT molecular complexity index is 385. The van der Waals surface area contributed by atoms with Gasteiger partial charge in [0, 0.05) is 25.6 Å². The number of thiocarbonyl (C=S) groups is 1. The highest BCUT2D eigenvalue weighted by atomic mass is 32.1. The third kappa shape index (κ3) is 2.33. The Morgan fingerprint density at radius 3 is 2.40 bits per heavy atom. The van der Waals surface area contributed by atoms with Crippen molar-refractivity contribution in [1.29, 1.82) is 0 Å². The number of nitrogens with one attached hydrogen (secondary N) is 2. The van der Waals surface area contributed by atoms with Gasteiger partial charge in [0.05, 0.1) is 0 Å². The van der Waals surface area contributed by atoms with Crippen LogP contribution < -0.4 is 10.7 Å². The minimum absolute atomic E-state index is 0.554. The normalized spacial score (nSPS) is 13.3. The lowest BCUT2D eigenvalue weighted by Crippen LogP contribution is -2.29. The Morgan fingerprint density at radius 1 is 1.27 bits per heavy atom. The van der Waals surface area contributed by atoms with Crippen molar-refractivity contribution in [2.24, 2.45) is 5.10 Å². The van der Waals surface area contributed by atoms with Gasteiger partial charge in [-0.05, 0) is 23.3 Å². The van der Waals surface area contributed by atoms with Gasteiger partial charge in [-0.1, -0.05) is 24.3 Å². The Labute approximate surface area is 94.6 Å². The van der Waals surface area contributed by atoms with Crippen LogP contribution in [0.1, 0.15) is 11.1 Å². The Hall–Kier alpha value is -1.42. The van der Waals surface area contributed by atoms with E-state index < -0.39 is 0 Å². The standard InChI is InChI=1S/C11H13N3S/c1-12-11(15)14-13-10-6-8-4-2-3-5-9(8)7-10/h2-5H,6-7H2,1H3,(H2,12,14,15). The monoisotopic (exact) mass is 219 g/mol. The van der Waals surface area contributed by atoms with E-state index in [9.17, 15) is 0 Å². The fourth-order valence-electron chi connectivity index (χ4n) is 1.67. The molecule has 0 aromatic heterocycles. The van der Waals surface area contributed by atoms with Crippen molar-refractivity contribution in [3.05, 3.63) is 35.4 Å². The molecule has 78 valence electrons. The summed E-state index contributed by atoms with van der Waals surface area (Å²) in [6.07, 6.45) is 1.85. The van der Waals surface area contributed by atoms with Crippen molar-refractivity contribution in [3.63, 3.8) is 0 Å². The Morgan fingerprint density at radius 2 is 1.87 bits per heavy atom. The second-order valence-corrected chi connectivity index (χ2v) is 3.90. The van der Waals surface area contributed by atoms with Crippen LogP contribution in [0, 0.1) is 0 Å². The summed E-state index contributed by atoms with van der Waals surface area (Å²) in [6.45, 7) is 0. The molecule has 0 atom stereocenters. The molecule has 1 aliphatic rings. The van der Waals surface area contributed by atoms with Gasteiger partial charge < -0.3 is 5.32 Å². The number of nitrogens with zero attached hydrogens (tertiary/aromatic N) is 1. The highest BCUT2D eigenvalue weighted by Crippen LogP contribution is 2.19. The lowest BCUT2D eigenvalue weighted by Gasteiger charge is -2.01. The van der Waals surface area contributed by atoms with E-state index in [1.165, 1.54) is 11.1 Å². The van der Waals surface area contributed by atoms with Crippen LogP contribution in [0.3, 0.4) is 0 Å². The zero-order valence-corrected chi connectivity index (χ0v) is 9.40. The first kappa shape index (κ1) is 10.1. The van der Waals surface area contributed by atoms with E-state index in [1.807, 2.05) is 0 Å². The molecule has 3 nitrogen and oxygen atoms in total. The third-order valence-electron chi connectivity index (χ3n) is 2.45. The summed E-state index contributed by atoms with van der Waals surface area (Å²) in [5.74, 6) is 0. The van der Waals surface area contributed by atoms with Gasteiger partial charge in [-0.25, -0.2) is 0 Å². The van der Waals surface area contributed by atoms with E-state index in [0.29, 0.717) is 5.11 Å². The van der Waals surface area contributed by atoms with Crippen LogP contribution in [0.4, 0.5) is 0 Å². The SMILES string of the molecule is CNC(=S)NN=C1Cc2ccccc2C1. The maximum Gasteiger partial charge on any atom is 0.186 e. The van der Waals surface area contributed by atoms with Crippen molar-refractivity contribution in [2.75, 3.05) is 7.05 Å². The Balaban J connectivity index is 2.04. The molecular weight excluding hydrogens is 206 g/mol. The Kier molecular flexibility index (Phi) is 2.97. The molecular formula is C11H13N3S. The van der Waals surface area contributed by atoms with Crippen LogP contribution in [0.25, 0.3) is 0 Å². The van der Waals surface area contributed by atoms with Crippen LogP contribution in [-0.4, -0.2) is 17.9 Å². The molecule has 0 amide bonds. The molecule has 1 aromatic rings. The molecule has 0 saturated carbocycles. The van der Waals surface area contributed by atoms with Gasteiger partial charge in [0.15, 0.2) is 5.11 Å². The van der Waals surface area contributed by atoms with Gasteiger partial charge >= 0.3 is 0 Å². The van der Waals surface area contributed by atoms with Gasteiger partial charge in [-0.15, -0.1) is 0 Å². The fourth-order valence-corrected chi connectivity index (χ4v) is 1.72. The number of hydrogen-bond acceptors (Lipinski definition) is 2. The van der Waals surface area contributed by atoms with Gasteiger partial charge in [0.1, 0.15) is 0 Å². The van der Waals surface area contributed by atoms with Crippen LogP contribution >= 0.6 is 12.2 Å². The van der Waals surface area contributed by atoms with Crippen LogP contribution in [0.2, 0.25) is 0 Å². The molecule has 0 unspecified atom stereocenters. The average Bonchev–Trinajstić information content (AvgIpc) is 2.68. The minimum Gasteiger partial charge on any atom is -0.364 e. The van der Waals surface area contributed by atoms with E-state index in [0.717, 1.165) is 18.6 Å².